The second kappa shape index (κ2) is 1.62. The summed E-state index contributed by atoms with van der Waals surface area (Å²) in [5.41, 5.74) is 0. The van der Waals surface area contributed by atoms with Gasteiger partial charge in [0.05, 0.1) is 0 Å². The molecule has 0 saturated carbocycles. The summed E-state index contributed by atoms with van der Waals surface area (Å²) in [7, 11) is 1.74. The van der Waals surface area contributed by atoms with Gasteiger partial charge in [-0.15, -0.1) is 0 Å². The SMILES string of the molecule is OC1[B]CCO1. The van der Waals surface area contributed by atoms with Crippen LogP contribution in [-0.2, 0) is 4.74 Å². The van der Waals surface area contributed by atoms with E-state index in [4.69, 9.17) is 5.11 Å². The van der Waals surface area contributed by atoms with Gasteiger partial charge in [0.1, 0.15) is 6.19 Å². The Morgan fingerprint density at radius 3 is 2.83 bits per heavy atom. The summed E-state index contributed by atoms with van der Waals surface area (Å²) in [5, 5.41) is 8.45. The van der Waals surface area contributed by atoms with Crippen LogP contribution < -0.4 is 0 Å². The molecule has 0 amide bonds. The molecule has 3 heteroatoms. The number of aliphatic hydroxyl groups excluding tert-OH is 1. The molecular weight excluding hydrogens is 78.8 g/mol. The normalized spacial score (nSPS) is 33.2. The number of hydrogen-bond acceptors (Lipinski definition) is 2. The lowest BCUT2D eigenvalue weighted by Gasteiger charge is -1.93. The number of ether oxygens (including phenoxy) is 1. The quantitative estimate of drug-likeness (QED) is 0.398. The Kier molecular flexibility index (Phi) is 1.12. The van der Waals surface area contributed by atoms with E-state index in [2.05, 4.69) is 4.74 Å². The van der Waals surface area contributed by atoms with E-state index in [0.29, 0.717) is 6.61 Å². The van der Waals surface area contributed by atoms with Gasteiger partial charge in [0.15, 0.2) is 7.28 Å². The maximum absolute atomic E-state index is 8.45. The fraction of sp³-hybridized carbons (Fsp3) is 1.00. The van der Waals surface area contributed by atoms with Gasteiger partial charge in [0.25, 0.3) is 0 Å². The molecule has 0 spiro atoms. The first kappa shape index (κ1) is 4.15. The van der Waals surface area contributed by atoms with Gasteiger partial charge in [-0.2, -0.15) is 0 Å². The van der Waals surface area contributed by atoms with Crippen molar-refractivity contribution >= 4 is 7.28 Å². The number of hydrogen-bond donors (Lipinski definition) is 1. The molecule has 1 heterocycles. The smallest absolute Gasteiger partial charge is 0.188 e. The van der Waals surface area contributed by atoms with Crippen molar-refractivity contribution in [3.63, 3.8) is 0 Å². The molecule has 1 rings (SSSR count). The first-order chi connectivity index (χ1) is 2.89. The molecule has 1 atom stereocenters. The lowest BCUT2D eigenvalue weighted by atomic mass is 9.77. The van der Waals surface area contributed by atoms with Crippen molar-refractivity contribution in [3.05, 3.63) is 0 Å². The van der Waals surface area contributed by atoms with Crippen molar-refractivity contribution in [2.75, 3.05) is 6.61 Å². The lowest BCUT2D eigenvalue weighted by molar-refractivity contribution is -0.0189. The van der Waals surface area contributed by atoms with Crippen molar-refractivity contribution in [3.8, 4) is 0 Å². The summed E-state index contributed by atoms with van der Waals surface area (Å²) in [6.07, 6.45) is 0.311. The Morgan fingerprint density at radius 2 is 2.67 bits per heavy atom. The zero-order valence-electron chi connectivity index (χ0n) is 3.42. The van der Waals surface area contributed by atoms with Crippen molar-refractivity contribution < 1.29 is 9.84 Å². The topological polar surface area (TPSA) is 29.5 Å². The van der Waals surface area contributed by atoms with Gasteiger partial charge in [-0.05, 0) is 0 Å². The van der Waals surface area contributed by atoms with E-state index in [1.807, 2.05) is 0 Å². The second-order valence-corrected chi connectivity index (χ2v) is 1.29. The molecule has 1 radical (unpaired) electrons. The highest BCUT2D eigenvalue weighted by molar-refractivity contribution is 6.37. The standard InChI is InChI=1S/C3H6BO2/c5-3-4-1-2-6-3/h3,5H,1-2H2. The van der Waals surface area contributed by atoms with Crippen LogP contribution in [0.15, 0.2) is 0 Å². The minimum atomic E-state index is -0.579. The predicted molar refractivity (Wildman–Crippen MR) is 22.5 cm³/mol. The van der Waals surface area contributed by atoms with Gasteiger partial charge in [0, 0.05) is 6.61 Å². The van der Waals surface area contributed by atoms with Gasteiger partial charge in [-0.25, -0.2) is 0 Å². The van der Waals surface area contributed by atoms with E-state index in [1.54, 1.807) is 7.28 Å². The average Bonchev–Trinajstić information content (AvgIpc) is 1.86. The first-order valence-corrected chi connectivity index (χ1v) is 2.02. The van der Waals surface area contributed by atoms with Crippen LogP contribution in [0, 0.1) is 0 Å². The zero-order valence-corrected chi connectivity index (χ0v) is 3.42. The van der Waals surface area contributed by atoms with Gasteiger partial charge in [-0.3, -0.25) is 0 Å². The van der Waals surface area contributed by atoms with Gasteiger partial charge in [-0.1, -0.05) is 6.32 Å². The Hall–Kier alpha value is -0.0151. The fourth-order valence-electron chi connectivity index (χ4n) is 0.467. The summed E-state index contributed by atoms with van der Waals surface area (Å²) in [6, 6.07) is 0. The van der Waals surface area contributed by atoms with Crippen LogP contribution in [0.1, 0.15) is 0 Å². The summed E-state index contributed by atoms with van der Waals surface area (Å²) in [4.78, 5) is 0. The minimum absolute atomic E-state index is 0.579. The van der Waals surface area contributed by atoms with Crippen molar-refractivity contribution in [2.45, 2.75) is 12.5 Å². The van der Waals surface area contributed by atoms with Crippen LogP contribution in [-0.4, -0.2) is 25.2 Å². The molecule has 1 aliphatic heterocycles. The number of aliphatic hydroxyl groups is 1. The van der Waals surface area contributed by atoms with E-state index >= 15 is 0 Å². The minimum Gasteiger partial charge on any atom is -0.377 e. The van der Waals surface area contributed by atoms with Crippen molar-refractivity contribution in [2.24, 2.45) is 0 Å². The Morgan fingerprint density at radius 1 is 1.83 bits per heavy atom. The molecule has 2 nitrogen and oxygen atoms in total. The van der Waals surface area contributed by atoms with Crippen LogP contribution in [0.25, 0.3) is 0 Å². The molecular formula is C3H6BO2. The highest BCUT2D eigenvalue weighted by atomic mass is 16.6. The van der Waals surface area contributed by atoms with Crippen LogP contribution >= 0.6 is 0 Å². The summed E-state index contributed by atoms with van der Waals surface area (Å²) in [6.45, 7) is 0.682. The maximum Gasteiger partial charge on any atom is 0.188 e. The largest absolute Gasteiger partial charge is 0.377 e. The van der Waals surface area contributed by atoms with Crippen LogP contribution in [0.4, 0.5) is 0 Å². The van der Waals surface area contributed by atoms with E-state index < -0.39 is 6.19 Å². The highest BCUT2D eigenvalue weighted by Crippen LogP contribution is 1.98. The highest BCUT2D eigenvalue weighted by Gasteiger charge is 2.11. The predicted octanol–water partition coefficient (Wildman–Crippen LogP) is -0.585. The van der Waals surface area contributed by atoms with Gasteiger partial charge >= 0.3 is 0 Å². The molecule has 0 aromatic carbocycles. The van der Waals surface area contributed by atoms with Crippen LogP contribution in [0.3, 0.4) is 0 Å². The molecule has 1 unspecified atom stereocenters. The Bertz CT molecular complexity index is 42.1. The zero-order chi connectivity index (χ0) is 4.41. The fourth-order valence-corrected chi connectivity index (χ4v) is 0.467. The third kappa shape index (κ3) is 0.728. The maximum atomic E-state index is 8.45. The van der Waals surface area contributed by atoms with Gasteiger partial charge < -0.3 is 9.84 Å². The van der Waals surface area contributed by atoms with Crippen LogP contribution in [0.2, 0.25) is 6.32 Å². The van der Waals surface area contributed by atoms with E-state index in [0.717, 1.165) is 6.32 Å². The second-order valence-electron chi connectivity index (χ2n) is 1.29. The summed E-state index contributed by atoms with van der Waals surface area (Å²) in [5.74, 6) is 0. The lowest BCUT2D eigenvalue weighted by Crippen LogP contribution is -2.08. The Balaban J connectivity index is 2.18. The molecule has 6 heavy (non-hydrogen) atoms. The van der Waals surface area contributed by atoms with Gasteiger partial charge in [0.2, 0.25) is 0 Å². The molecule has 33 valence electrons. The molecule has 1 N–H and O–H groups in total. The van der Waals surface area contributed by atoms with E-state index in [9.17, 15) is 0 Å². The number of rotatable bonds is 0. The van der Waals surface area contributed by atoms with Crippen molar-refractivity contribution in [1.82, 2.24) is 0 Å². The first-order valence-electron chi connectivity index (χ1n) is 2.02. The summed E-state index contributed by atoms with van der Waals surface area (Å²) < 4.78 is 4.65. The van der Waals surface area contributed by atoms with E-state index in [1.165, 1.54) is 0 Å². The van der Waals surface area contributed by atoms with Crippen molar-refractivity contribution in [1.29, 1.82) is 0 Å². The molecule has 1 fully saturated rings. The summed E-state index contributed by atoms with van der Waals surface area (Å²) >= 11 is 0. The molecule has 1 saturated heterocycles. The Labute approximate surface area is 37.4 Å². The third-order valence-electron chi connectivity index (χ3n) is 0.775. The average molecular weight is 84.9 g/mol. The third-order valence-corrected chi connectivity index (χ3v) is 0.775. The molecule has 0 aromatic rings. The molecule has 0 bridgehead atoms. The monoisotopic (exact) mass is 85.0 g/mol. The molecule has 1 aliphatic rings. The molecule has 0 aliphatic carbocycles. The molecule has 0 aromatic heterocycles. The van der Waals surface area contributed by atoms with Crippen LogP contribution in [0.5, 0.6) is 0 Å². The van der Waals surface area contributed by atoms with E-state index in [-0.39, 0.29) is 0 Å².